The fourth-order valence-electron chi connectivity index (χ4n) is 4.28. The molecule has 192 valence electrons. The van der Waals surface area contributed by atoms with Crippen molar-refractivity contribution in [3.05, 3.63) is 94.2 Å². The van der Waals surface area contributed by atoms with Crippen molar-refractivity contribution in [2.45, 2.75) is 20.8 Å². The Kier molecular flexibility index (Phi) is 6.61. The van der Waals surface area contributed by atoms with E-state index in [2.05, 4.69) is 46.4 Å². The first-order chi connectivity index (χ1) is 18.4. The van der Waals surface area contributed by atoms with Gasteiger partial charge in [-0.05, 0) is 74.9 Å². The van der Waals surface area contributed by atoms with Crippen molar-refractivity contribution in [3.63, 3.8) is 0 Å². The maximum absolute atomic E-state index is 12.9. The number of carbonyl (C=O) groups excluding carboxylic acids is 1. The summed E-state index contributed by atoms with van der Waals surface area (Å²) >= 11 is 0. The molecule has 0 saturated carbocycles. The quantitative estimate of drug-likeness (QED) is 0.201. The van der Waals surface area contributed by atoms with Crippen LogP contribution in [0.1, 0.15) is 30.0 Å². The van der Waals surface area contributed by atoms with Crippen LogP contribution < -0.4 is 10.2 Å². The lowest BCUT2D eigenvalue weighted by molar-refractivity contribution is -0.384. The number of anilines is 2. The molecule has 10 nitrogen and oxygen atoms in total. The molecular formula is C28H26N6O4. The topological polar surface area (TPSA) is 119 Å². The summed E-state index contributed by atoms with van der Waals surface area (Å²) in [5.74, 6) is 0.00689. The smallest absolute Gasteiger partial charge is 0.291 e. The summed E-state index contributed by atoms with van der Waals surface area (Å²) in [4.78, 5) is 27.4. The van der Waals surface area contributed by atoms with Crippen LogP contribution in [0.4, 0.5) is 17.1 Å². The van der Waals surface area contributed by atoms with E-state index in [4.69, 9.17) is 4.42 Å². The highest BCUT2D eigenvalue weighted by atomic mass is 16.6. The van der Waals surface area contributed by atoms with E-state index < -0.39 is 10.8 Å². The number of benzene rings is 3. The molecule has 10 heteroatoms. The van der Waals surface area contributed by atoms with Gasteiger partial charge in [-0.25, -0.2) is 0 Å². The van der Waals surface area contributed by atoms with E-state index in [1.807, 2.05) is 25.1 Å². The van der Waals surface area contributed by atoms with Crippen LogP contribution in [0.5, 0.6) is 0 Å². The SMILES string of the molecule is CCN(CC)c1ccc(-n2nc3cc(C)c(NC(=O)c4ccc(-c5cccc([N+](=O)[O-])c5)o4)cc3n2)cc1. The maximum atomic E-state index is 12.9. The Bertz CT molecular complexity index is 1630. The highest BCUT2D eigenvalue weighted by Gasteiger charge is 2.17. The molecule has 0 radical (unpaired) electrons. The molecule has 0 fully saturated rings. The molecule has 1 N–H and O–H groups in total. The number of nitro benzene ring substituents is 1. The third-order valence-corrected chi connectivity index (χ3v) is 6.36. The second-order valence-corrected chi connectivity index (χ2v) is 8.76. The number of hydrogen-bond acceptors (Lipinski definition) is 7. The molecule has 0 unspecified atom stereocenters. The second-order valence-electron chi connectivity index (χ2n) is 8.76. The molecule has 5 aromatic rings. The first-order valence-electron chi connectivity index (χ1n) is 12.3. The van der Waals surface area contributed by atoms with Crippen molar-refractivity contribution in [2.75, 3.05) is 23.3 Å². The van der Waals surface area contributed by atoms with Crippen molar-refractivity contribution in [1.29, 1.82) is 0 Å². The Morgan fingerprint density at radius 3 is 2.39 bits per heavy atom. The third kappa shape index (κ3) is 4.83. The molecule has 0 atom stereocenters. The number of nitrogens with one attached hydrogen (secondary N) is 1. The van der Waals surface area contributed by atoms with Crippen LogP contribution in [-0.2, 0) is 0 Å². The fourth-order valence-corrected chi connectivity index (χ4v) is 4.28. The van der Waals surface area contributed by atoms with E-state index >= 15 is 0 Å². The number of fused-ring (bicyclic) bond motifs is 1. The first kappa shape index (κ1) is 24.7. The molecule has 1 amide bonds. The standard InChI is InChI=1S/C28H26N6O4/c1-4-32(5-2)20-9-11-21(12-10-20)33-30-24-15-18(3)23(17-25(24)31-33)29-28(35)27-14-13-26(38-27)19-7-6-8-22(16-19)34(36)37/h6-17H,4-5H2,1-3H3,(H,29,35). The van der Waals surface area contributed by atoms with E-state index in [9.17, 15) is 14.9 Å². The summed E-state index contributed by atoms with van der Waals surface area (Å²) in [6.07, 6.45) is 0. The van der Waals surface area contributed by atoms with Crippen LogP contribution in [0.15, 0.2) is 77.2 Å². The summed E-state index contributed by atoms with van der Waals surface area (Å²) in [7, 11) is 0. The van der Waals surface area contributed by atoms with Gasteiger partial charge in [0.25, 0.3) is 11.6 Å². The largest absolute Gasteiger partial charge is 0.451 e. The zero-order valence-electron chi connectivity index (χ0n) is 21.2. The zero-order chi connectivity index (χ0) is 26.8. The van der Waals surface area contributed by atoms with Crippen molar-refractivity contribution in [1.82, 2.24) is 15.0 Å². The van der Waals surface area contributed by atoms with Gasteiger partial charge in [-0.15, -0.1) is 10.2 Å². The predicted octanol–water partition coefficient (Wildman–Crippen LogP) is 6.00. The van der Waals surface area contributed by atoms with Crippen LogP contribution in [0, 0.1) is 17.0 Å². The van der Waals surface area contributed by atoms with Gasteiger partial charge in [0.05, 0.1) is 10.6 Å². The minimum Gasteiger partial charge on any atom is -0.451 e. The van der Waals surface area contributed by atoms with Gasteiger partial charge in [0.15, 0.2) is 5.76 Å². The number of furan rings is 1. The summed E-state index contributed by atoms with van der Waals surface area (Å²) in [5, 5.41) is 23.2. The number of hydrogen-bond donors (Lipinski definition) is 1. The van der Waals surface area contributed by atoms with Crippen molar-refractivity contribution in [3.8, 4) is 17.0 Å². The van der Waals surface area contributed by atoms with Gasteiger partial charge in [-0.1, -0.05) is 12.1 Å². The van der Waals surface area contributed by atoms with Crippen LogP contribution in [0.25, 0.3) is 28.0 Å². The molecule has 2 heterocycles. The molecule has 2 aromatic heterocycles. The number of carbonyl (C=O) groups is 1. The molecule has 0 bridgehead atoms. The van der Waals surface area contributed by atoms with Crippen molar-refractivity contribution < 1.29 is 14.1 Å². The fraction of sp³-hybridized carbons (Fsp3) is 0.179. The average Bonchev–Trinajstić information content (AvgIpc) is 3.58. The van der Waals surface area contributed by atoms with Gasteiger partial charge < -0.3 is 14.6 Å². The van der Waals surface area contributed by atoms with Gasteiger partial charge in [0.2, 0.25) is 0 Å². The summed E-state index contributed by atoms with van der Waals surface area (Å²) in [6, 6.07) is 20.9. The van der Waals surface area contributed by atoms with E-state index in [1.165, 1.54) is 18.2 Å². The predicted molar refractivity (Wildman–Crippen MR) is 146 cm³/mol. The Labute approximate surface area is 218 Å². The second kappa shape index (κ2) is 10.2. The number of nitro groups is 1. The molecule has 0 aliphatic rings. The Morgan fingerprint density at radius 1 is 1.00 bits per heavy atom. The van der Waals surface area contributed by atoms with Crippen molar-refractivity contribution >= 4 is 34.0 Å². The Balaban J connectivity index is 1.36. The molecular weight excluding hydrogens is 484 g/mol. The van der Waals surface area contributed by atoms with Crippen LogP contribution in [0.3, 0.4) is 0 Å². The van der Waals surface area contributed by atoms with Crippen LogP contribution >= 0.6 is 0 Å². The molecule has 0 spiro atoms. The minimum absolute atomic E-state index is 0.0540. The van der Waals surface area contributed by atoms with E-state index in [-0.39, 0.29) is 11.4 Å². The van der Waals surface area contributed by atoms with Crippen LogP contribution in [-0.4, -0.2) is 38.9 Å². The Morgan fingerprint density at radius 2 is 1.71 bits per heavy atom. The number of aromatic nitrogens is 3. The van der Waals surface area contributed by atoms with E-state index in [1.54, 1.807) is 29.1 Å². The van der Waals surface area contributed by atoms with Crippen LogP contribution in [0.2, 0.25) is 0 Å². The minimum atomic E-state index is -0.476. The number of non-ortho nitro benzene ring substituents is 1. The van der Waals surface area contributed by atoms with Gasteiger partial charge in [-0.2, -0.15) is 4.80 Å². The molecule has 5 rings (SSSR count). The lowest BCUT2D eigenvalue weighted by atomic mass is 10.1. The number of nitrogens with zero attached hydrogens (tertiary/aromatic N) is 5. The highest BCUT2D eigenvalue weighted by Crippen LogP contribution is 2.27. The monoisotopic (exact) mass is 510 g/mol. The highest BCUT2D eigenvalue weighted by molar-refractivity contribution is 6.04. The third-order valence-electron chi connectivity index (χ3n) is 6.36. The number of rotatable bonds is 8. The van der Waals surface area contributed by atoms with Gasteiger partial charge in [0.1, 0.15) is 16.8 Å². The summed E-state index contributed by atoms with van der Waals surface area (Å²) < 4.78 is 5.70. The Hall–Kier alpha value is -4.99. The molecule has 0 aliphatic carbocycles. The molecule has 3 aromatic carbocycles. The van der Waals surface area contributed by atoms with Gasteiger partial charge in [0, 0.05) is 42.2 Å². The average molecular weight is 511 g/mol. The van der Waals surface area contributed by atoms with E-state index in [0.29, 0.717) is 28.0 Å². The summed E-state index contributed by atoms with van der Waals surface area (Å²) in [5.41, 5.74) is 5.18. The first-order valence-corrected chi connectivity index (χ1v) is 12.3. The maximum Gasteiger partial charge on any atom is 0.291 e. The zero-order valence-corrected chi connectivity index (χ0v) is 21.2. The molecule has 0 aliphatic heterocycles. The van der Waals surface area contributed by atoms with E-state index in [0.717, 1.165) is 30.0 Å². The number of aryl methyl sites for hydroxylation is 1. The molecule has 38 heavy (non-hydrogen) atoms. The normalized spacial score (nSPS) is 11.0. The molecule has 0 saturated heterocycles. The van der Waals surface area contributed by atoms with Gasteiger partial charge in [-0.3, -0.25) is 14.9 Å². The number of amides is 1. The lowest BCUT2D eigenvalue weighted by Gasteiger charge is -2.20. The summed E-state index contributed by atoms with van der Waals surface area (Å²) in [6.45, 7) is 7.99. The lowest BCUT2D eigenvalue weighted by Crippen LogP contribution is -2.21. The van der Waals surface area contributed by atoms with Gasteiger partial charge >= 0.3 is 0 Å². The van der Waals surface area contributed by atoms with Crippen molar-refractivity contribution in [2.24, 2.45) is 0 Å².